The van der Waals surface area contributed by atoms with Gasteiger partial charge < -0.3 is 9.73 Å². The predicted molar refractivity (Wildman–Crippen MR) is 74.5 cm³/mol. The first-order valence-electron chi connectivity index (χ1n) is 5.75. The van der Waals surface area contributed by atoms with Gasteiger partial charge in [-0.1, -0.05) is 0 Å². The number of benzene rings is 1. The molecule has 0 unspecified atom stereocenters. The highest BCUT2D eigenvalue weighted by molar-refractivity contribution is 14.1. The van der Waals surface area contributed by atoms with Crippen molar-refractivity contribution in [2.45, 2.75) is 25.4 Å². The zero-order valence-electron chi connectivity index (χ0n) is 9.32. The SMILES string of the molecule is Ic1ccc(-c2nc(CNC3CC3)co2)cc1. The van der Waals surface area contributed by atoms with Crippen LogP contribution in [0.15, 0.2) is 34.9 Å². The molecule has 3 nitrogen and oxygen atoms in total. The van der Waals surface area contributed by atoms with Gasteiger partial charge in [0.25, 0.3) is 0 Å². The summed E-state index contributed by atoms with van der Waals surface area (Å²) in [4.78, 5) is 4.48. The second-order valence-electron chi connectivity index (χ2n) is 4.31. The molecule has 1 N–H and O–H groups in total. The fourth-order valence-corrected chi connectivity index (χ4v) is 2.01. The van der Waals surface area contributed by atoms with E-state index in [1.165, 1.54) is 16.4 Å². The number of hydrogen-bond acceptors (Lipinski definition) is 3. The number of rotatable bonds is 4. The third-order valence-electron chi connectivity index (χ3n) is 2.79. The van der Waals surface area contributed by atoms with E-state index in [1.54, 1.807) is 6.26 Å². The second kappa shape index (κ2) is 4.78. The van der Waals surface area contributed by atoms with Crippen LogP contribution in [0.5, 0.6) is 0 Å². The lowest BCUT2D eigenvalue weighted by molar-refractivity contribution is 0.570. The van der Waals surface area contributed by atoms with Gasteiger partial charge in [-0.2, -0.15) is 0 Å². The van der Waals surface area contributed by atoms with E-state index in [0.717, 1.165) is 17.8 Å². The summed E-state index contributed by atoms with van der Waals surface area (Å²) in [7, 11) is 0. The van der Waals surface area contributed by atoms with E-state index in [2.05, 4.69) is 45.0 Å². The number of nitrogens with zero attached hydrogens (tertiary/aromatic N) is 1. The Morgan fingerprint density at radius 1 is 1.29 bits per heavy atom. The van der Waals surface area contributed by atoms with Crippen LogP contribution in [0.2, 0.25) is 0 Å². The first kappa shape index (κ1) is 11.2. The fraction of sp³-hybridized carbons (Fsp3) is 0.308. The van der Waals surface area contributed by atoms with Gasteiger partial charge in [-0.15, -0.1) is 0 Å². The molecule has 0 aliphatic heterocycles. The molecular weight excluding hydrogens is 327 g/mol. The van der Waals surface area contributed by atoms with Gasteiger partial charge >= 0.3 is 0 Å². The van der Waals surface area contributed by atoms with Crippen molar-refractivity contribution >= 4 is 22.6 Å². The lowest BCUT2D eigenvalue weighted by Crippen LogP contribution is -2.15. The van der Waals surface area contributed by atoms with Crippen LogP contribution < -0.4 is 5.32 Å². The molecule has 0 spiro atoms. The second-order valence-corrected chi connectivity index (χ2v) is 5.55. The van der Waals surface area contributed by atoms with Gasteiger partial charge in [0.1, 0.15) is 6.26 Å². The summed E-state index contributed by atoms with van der Waals surface area (Å²) in [6, 6.07) is 8.88. The summed E-state index contributed by atoms with van der Waals surface area (Å²) in [5.41, 5.74) is 2.01. The maximum atomic E-state index is 5.49. The van der Waals surface area contributed by atoms with Crippen molar-refractivity contribution in [3.63, 3.8) is 0 Å². The van der Waals surface area contributed by atoms with Gasteiger partial charge in [-0.05, 0) is 59.7 Å². The monoisotopic (exact) mass is 340 g/mol. The molecule has 2 aromatic rings. The van der Waals surface area contributed by atoms with Crippen LogP contribution in [0.4, 0.5) is 0 Å². The first-order valence-corrected chi connectivity index (χ1v) is 6.83. The highest BCUT2D eigenvalue weighted by Gasteiger charge is 2.20. The highest BCUT2D eigenvalue weighted by atomic mass is 127. The standard InChI is InChI=1S/C13H13IN2O/c14-10-3-1-9(2-4-10)13-16-12(8-17-13)7-15-11-5-6-11/h1-4,8,11,15H,5-7H2. The fourth-order valence-electron chi connectivity index (χ4n) is 1.65. The van der Waals surface area contributed by atoms with Crippen LogP contribution in [0.1, 0.15) is 18.5 Å². The third kappa shape index (κ3) is 2.87. The summed E-state index contributed by atoms with van der Waals surface area (Å²) in [6.45, 7) is 0.804. The lowest BCUT2D eigenvalue weighted by atomic mass is 10.2. The molecule has 0 saturated heterocycles. The Bertz CT molecular complexity index is 502. The van der Waals surface area contributed by atoms with Crippen LogP contribution in [0.3, 0.4) is 0 Å². The number of oxazole rings is 1. The summed E-state index contributed by atoms with van der Waals surface area (Å²) in [6.07, 6.45) is 4.33. The van der Waals surface area contributed by atoms with Crippen LogP contribution in [-0.4, -0.2) is 11.0 Å². The average Bonchev–Trinajstić information content (AvgIpc) is 3.06. The van der Waals surface area contributed by atoms with E-state index in [0.29, 0.717) is 11.9 Å². The molecule has 1 saturated carbocycles. The Morgan fingerprint density at radius 2 is 2.06 bits per heavy atom. The summed E-state index contributed by atoms with van der Waals surface area (Å²) < 4.78 is 6.71. The van der Waals surface area contributed by atoms with Gasteiger partial charge in [0.15, 0.2) is 0 Å². The summed E-state index contributed by atoms with van der Waals surface area (Å²) in [5, 5.41) is 3.42. The molecule has 1 aliphatic carbocycles. The van der Waals surface area contributed by atoms with Crippen LogP contribution in [-0.2, 0) is 6.54 Å². The zero-order valence-corrected chi connectivity index (χ0v) is 11.5. The van der Waals surface area contributed by atoms with Gasteiger partial charge in [0, 0.05) is 21.7 Å². The largest absolute Gasteiger partial charge is 0.444 e. The molecule has 17 heavy (non-hydrogen) atoms. The van der Waals surface area contributed by atoms with Gasteiger partial charge in [0.05, 0.1) is 5.69 Å². The van der Waals surface area contributed by atoms with Gasteiger partial charge in [-0.3, -0.25) is 0 Å². The third-order valence-corrected chi connectivity index (χ3v) is 3.51. The number of halogens is 1. The molecule has 0 radical (unpaired) electrons. The Hall–Kier alpha value is -0.880. The first-order chi connectivity index (χ1) is 8.31. The molecule has 1 aromatic heterocycles. The van der Waals surface area contributed by atoms with E-state index in [-0.39, 0.29) is 0 Å². The van der Waals surface area contributed by atoms with Crippen molar-refractivity contribution in [3.8, 4) is 11.5 Å². The van der Waals surface area contributed by atoms with Crippen molar-refractivity contribution < 1.29 is 4.42 Å². The van der Waals surface area contributed by atoms with Crippen molar-refractivity contribution in [2.75, 3.05) is 0 Å². The lowest BCUT2D eigenvalue weighted by Gasteiger charge is -1.97. The van der Waals surface area contributed by atoms with Crippen molar-refractivity contribution in [1.29, 1.82) is 0 Å². The average molecular weight is 340 g/mol. The minimum atomic E-state index is 0.702. The molecule has 0 amide bonds. The maximum Gasteiger partial charge on any atom is 0.226 e. The van der Waals surface area contributed by atoms with Gasteiger partial charge in [0.2, 0.25) is 5.89 Å². The quantitative estimate of drug-likeness (QED) is 0.869. The van der Waals surface area contributed by atoms with Crippen LogP contribution in [0.25, 0.3) is 11.5 Å². The molecule has 1 fully saturated rings. The smallest absolute Gasteiger partial charge is 0.226 e. The number of hydrogen-bond donors (Lipinski definition) is 1. The van der Waals surface area contributed by atoms with Gasteiger partial charge in [-0.25, -0.2) is 4.98 Å². The molecule has 1 aliphatic rings. The Balaban J connectivity index is 1.72. The summed E-state index contributed by atoms with van der Waals surface area (Å²) >= 11 is 2.29. The predicted octanol–water partition coefficient (Wildman–Crippen LogP) is 3.20. The van der Waals surface area contributed by atoms with E-state index >= 15 is 0 Å². The number of nitrogens with one attached hydrogen (secondary N) is 1. The molecule has 88 valence electrons. The molecule has 0 atom stereocenters. The molecule has 1 aromatic carbocycles. The van der Waals surface area contributed by atoms with Crippen molar-refractivity contribution in [1.82, 2.24) is 10.3 Å². The van der Waals surface area contributed by atoms with Crippen LogP contribution >= 0.6 is 22.6 Å². The minimum absolute atomic E-state index is 0.702. The summed E-state index contributed by atoms with van der Waals surface area (Å²) in [5.74, 6) is 0.703. The maximum absolute atomic E-state index is 5.49. The Kier molecular flexibility index (Phi) is 3.15. The minimum Gasteiger partial charge on any atom is -0.444 e. The molecular formula is C13H13IN2O. The number of aromatic nitrogens is 1. The van der Waals surface area contributed by atoms with E-state index in [4.69, 9.17) is 4.42 Å². The molecule has 1 heterocycles. The Labute approximate surface area is 114 Å². The van der Waals surface area contributed by atoms with E-state index < -0.39 is 0 Å². The highest BCUT2D eigenvalue weighted by Crippen LogP contribution is 2.21. The molecule has 4 heteroatoms. The zero-order chi connectivity index (χ0) is 11.7. The molecule has 0 bridgehead atoms. The topological polar surface area (TPSA) is 38.1 Å². The van der Waals surface area contributed by atoms with E-state index in [9.17, 15) is 0 Å². The Morgan fingerprint density at radius 3 is 2.76 bits per heavy atom. The normalized spacial score (nSPS) is 15.1. The molecule has 3 rings (SSSR count). The van der Waals surface area contributed by atoms with Crippen molar-refractivity contribution in [3.05, 3.63) is 39.8 Å². The van der Waals surface area contributed by atoms with Crippen LogP contribution in [0, 0.1) is 3.57 Å². The van der Waals surface area contributed by atoms with Crippen molar-refractivity contribution in [2.24, 2.45) is 0 Å². The van der Waals surface area contributed by atoms with E-state index in [1.807, 2.05) is 12.1 Å².